The zero-order valence-corrected chi connectivity index (χ0v) is 10.2. The fourth-order valence-electron chi connectivity index (χ4n) is 2.03. The summed E-state index contributed by atoms with van der Waals surface area (Å²) >= 11 is 0. The SMILES string of the molecule is CC(=O)C(C)(C)CN1CCn2ccnc2C1. The number of aromatic nitrogens is 2. The molecule has 2 rings (SSSR count). The average Bonchev–Trinajstić information content (AvgIpc) is 2.63. The van der Waals surface area contributed by atoms with E-state index in [4.69, 9.17) is 0 Å². The molecule has 0 spiro atoms. The first-order chi connectivity index (χ1) is 7.49. The Hall–Kier alpha value is -1.16. The van der Waals surface area contributed by atoms with Crippen LogP contribution < -0.4 is 0 Å². The van der Waals surface area contributed by atoms with E-state index in [9.17, 15) is 4.79 Å². The molecule has 1 aliphatic heterocycles. The number of imidazole rings is 1. The van der Waals surface area contributed by atoms with Crippen LogP contribution in [-0.2, 0) is 17.9 Å². The molecule has 0 amide bonds. The fraction of sp³-hybridized carbons (Fsp3) is 0.667. The Kier molecular flexibility index (Phi) is 2.84. The molecule has 88 valence electrons. The molecule has 0 fully saturated rings. The number of carbonyl (C=O) groups excluding carboxylic acids is 1. The van der Waals surface area contributed by atoms with Gasteiger partial charge in [-0.25, -0.2) is 4.98 Å². The third-order valence-corrected chi connectivity index (χ3v) is 3.40. The van der Waals surface area contributed by atoms with Gasteiger partial charge in [0.05, 0.1) is 6.54 Å². The molecule has 1 aromatic heterocycles. The number of hydrogen-bond donors (Lipinski definition) is 0. The topological polar surface area (TPSA) is 38.1 Å². The zero-order valence-electron chi connectivity index (χ0n) is 10.2. The first-order valence-corrected chi connectivity index (χ1v) is 5.72. The Morgan fingerprint density at radius 1 is 1.50 bits per heavy atom. The molecule has 0 radical (unpaired) electrons. The van der Waals surface area contributed by atoms with Crippen molar-refractivity contribution in [3.8, 4) is 0 Å². The smallest absolute Gasteiger partial charge is 0.136 e. The molecule has 0 atom stereocenters. The van der Waals surface area contributed by atoms with E-state index < -0.39 is 0 Å². The van der Waals surface area contributed by atoms with Crippen molar-refractivity contribution in [3.05, 3.63) is 18.2 Å². The molecule has 0 aliphatic carbocycles. The highest BCUT2D eigenvalue weighted by Crippen LogP contribution is 2.21. The predicted molar refractivity (Wildman–Crippen MR) is 62.0 cm³/mol. The van der Waals surface area contributed by atoms with Gasteiger partial charge in [0, 0.05) is 37.4 Å². The molecule has 0 N–H and O–H groups in total. The van der Waals surface area contributed by atoms with E-state index in [1.165, 1.54) is 0 Å². The van der Waals surface area contributed by atoms with Gasteiger partial charge in [0.2, 0.25) is 0 Å². The highest BCUT2D eigenvalue weighted by Gasteiger charge is 2.28. The summed E-state index contributed by atoms with van der Waals surface area (Å²) in [5.41, 5.74) is -0.255. The van der Waals surface area contributed by atoms with Crippen molar-refractivity contribution in [2.24, 2.45) is 5.41 Å². The van der Waals surface area contributed by atoms with Gasteiger partial charge < -0.3 is 4.57 Å². The number of ketones is 1. The summed E-state index contributed by atoms with van der Waals surface area (Å²) in [6.45, 7) is 9.33. The lowest BCUT2D eigenvalue weighted by Gasteiger charge is -2.33. The molecular formula is C12H19N3O. The third-order valence-electron chi connectivity index (χ3n) is 3.40. The summed E-state index contributed by atoms with van der Waals surface area (Å²) < 4.78 is 2.18. The van der Waals surface area contributed by atoms with Gasteiger partial charge in [0.1, 0.15) is 11.6 Å². The maximum Gasteiger partial charge on any atom is 0.136 e. The summed E-state index contributed by atoms with van der Waals surface area (Å²) in [5, 5.41) is 0. The maximum absolute atomic E-state index is 11.5. The van der Waals surface area contributed by atoms with Gasteiger partial charge in [-0.1, -0.05) is 13.8 Å². The van der Waals surface area contributed by atoms with Crippen molar-refractivity contribution >= 4 is 5.78 Å². The summed E-state index contributed by atoms with van der Waals surface area (Å²) in [6.07, 6.45) is 3.86. The van der Waals surface area contributed by atoms with E-state index in [1.54, 1.807) is 6.92 Å². The second-order valence-corrected chi connectivity index (χ2v) is 5.19. The van der Waals surface area contributed by atoms with Crippen LogP contribution in [0.25, 0.3) is 0 Å². The summed E-state index contributed by atoms with van der Waals surface area (Å²) in [6, 6.07) is 0. The van der Waals surface area contributed by atoms with Gasteiger partial charge in [-0.2, -0.15) is 0 Å². The van der Waals surface area contributed by atoms with Crippen LogP contribution in [0.1, 0.15) is 26.6 Å². The molecule has 4 heteroatoms. The Labute approximate surface area is 96.3 Å². The van der Waals surface area contributed by atoms with Gasteiger partial charge in [-0.3, -0.25) is 9.69 Å². The Balaban J connectivity index is 2.02. The van der Waals surface area contributed by atoms with Crippen LogP contribution in [-0.4, -0.2) is 33.3 Å². The molecular weight excluding hydrogens is 202 g/mol. The van der Waals surface area contributed by atoms with Crippen LogP contribution in [0.15, 0.2) is 12.4 Å². The van der Waals surface area contributed by atoms with E-state index in [2.05, 4.69) is 14.5 Å². The fourth-order valence-corrected chi connectivity index (χ4v) is 2.03. The van der Waals surface area contributed by atoms with Crippen LogP contribution in [0.2, 0.25) is 0 Å². The monoisotopic (exact) mass is 221 g/mol. The normalized spacial score (nSPS) is 17.2. The highest BCUT2D eigenvalue weighted by molar-refractivity contribution is 5.81. The number of carbonyl (C=O) groups is 1. The van der Waals surface area contributed by atoms with E-state index in [-0.39, 0.29) is 11.2 Å². The molecule has 4 nitrogen and oxygen atoms in total. The van der Waals surface area contributed by atoms with Crippen LogP contribution in [0, 0.1) is 5.41 Å². The minimum Gasteiger partial charge on any atom is -0.333 e. The first kappa shape index (κ1) is 11.3. The summed E-state index contributed by atoms with van der Waals surface area (Å²) in [7, 11) is 0. The van der Waals surface area contributed by atoms with Crippen LogP contribution in [0.5, 0.6) is 0 Å². The van der Waals surface area contributed by atoms with Crippen molar-refractivity contribution in [1.82, 2.24) is 14.5 Å². The lowest BCUT2D eigenvalue weighted by molar-refractivity contribution is -0.126. The standard InChI is InChI=1S/C12H19N3O/c1-10(16)12(2,3)9-14-6-7-15-5-4-13-11(15)8-14/h4-5H,6-9H2,1-3H3. The Morgan fingerprint density at radius 2 is 2.25 bits per heavy atom. The lowest BCUT2D eigenvalue weighted by Crippen LogP contribution is -2.42. The largest absolute Gasteiger partial charge is 0.333 e. The minimum atomic E-state index is -0.255. The third kappa shape index (κ3) is 2.16. The Morgan fingerprint density at radius 3 is 2.94 bits per heavy atom. The average molecular weight is 221 g/mol. The molecule has 1 aromatic rings. The summed E-state index contributed by atoms with van der Waals surface area (Å²) in [4.78, 5) is 18.1. The van der Waals surface area contributed by atoms with Crippen LogP contribution >= 0.6 is 0 Å². The van der Waals surface area contributed by atoms with Gasteiger partial charge in [0.25, 0.3) is 0 Å². The van der Waals surface area contributed by atoms with Crippen LogP contribution in [0.4, 0.5) is 0 Å². The van der Waals surface area contributed by atoms with E-state index in [0.29, 0.717) is 0 Å². The van der Waals surface area contributed by atoms with Crippen molar-refractivity contribution in [3.63, 3.8) is 0 Å². The maximum atomic E-state index is 11.5. The second-order valence-electron chi connectivity index (χ2n) is 5.19. The van der Waals surface area contributed by atoms with Crippen LogP contribution in [0.3, 0.4) is 0 Å². The van der Waals surface area contributed by atoms with Crippen molar-refractivity contribution in [2.45, 2.75) is 33.9 Å². The molecule has 0 aromatic carbocycles. The van der Waals surface area contributed by atoms with E-state index in [1.807, 2.05) is 26.2 Å². The second kappa shape index (κ2) is 4.01. The predicted octanol–water partition coefficient (Wildman–Crippen LogP) is 1.31. The number of fused-ring (bicyclic) bond motifs is 1. The summed E-state index contributed by atoms with van der Waals surface area (Å²) in [5.74, 6) is 1.35. The first-order valence-electron chi connectivity index (χ1n) is 5.72. The van der Waals surface area contributed by atoms with Crippen molar-refractivity contribution in [1.29, 1.82) is 0 Å². The lowest BCUT2D eigenvalue weighted by atomic mass is 9.88. The van der Waals surface area contributed by atoms with E-state index in [0.717, 1.165) is 32.0 Å². The number of nitrogens with zero attached hydrogens (tertiary/aromatic N) is 3. The zero-order chi connectivity index (χ0) is 11.8. The van der Waals surface area contributed by atoms with E-state index >= 15 is 0 Å². The molecule has 0 bridgehead atoms. The molecule has 16 heavy (non-hydrogen) atoms. The van der Waals surface area contributed by atoms with Crippen molar-refractivity contribution in [2.75, 3.05) is 13.1 Å². The van der Waals surface area contributed by atoms with Gasteiger partial charge >= 0.3 is 0 Å². The Bertz CT molecular complexity index is 395. The molecule has 2 heterocycles. The van der Waals surface area contributed by atoms with Gasteiger partial charge in [-0.15, -0.1) is 0 Å². The number of hydrogen-bond acceptors (Lipinski definition) is 3. The highest BCUT2D eigenvalue weighted by atomic mass is 16.1. The van der Waals surface area contributed by atoms with Crippen molar-refractivity contribution < 1.29 is 4.79 Å². The van der Waals surface area contributed by atoms with Gasteiger partial charge in [-0.05, 0) is 6.92 Å². The quantitative estimate of drug-likeness (QED) is 0.772. The molecule has 0 unspecified atom stereocenters. The molecule has 0 saturated heterocycles. The number of rotatable bonds is 3. The minimum absolute atomic E-state index is 0.251. The molecule has 0 saturated carbocycles. The molecule has 1 aliphatic rings. The van der Waals surface area contributed by atoms with Gasteiger partial charge in [0.15, 0.2) is 0 Å². The number of Topliss-reactive ketones (excluding diaryl/α,β-unsaturated/α-hetero) is 1.